The lowest BCUT2D eigenvalue weighted by Crippen LogP contribution is -1.90. The molecule has 0 unspecified atom stereocenters. The number of nitrogens with zero attached hydrogens (tertiary/aromatic N) is 3. The van der Waals surface area contributed by atoms with Crippen molar-refractivity contribution in [3.8, 4) is 11.1 Å². The van der Waals surface area contributed by atoms with Crippen LogP contribution in [0.1, 0.15) is 0 Å². The molecule has 0 fully saturated rings. The number of benzene rings is 1. The van der Waals surface area contributed by atoms with E-state index in [-0.39, 0.29) is 5.95 Å². The van der Waals surface area contributed by atoms with Crippen LogP contribution in [0.15, 0.2) is 42.6 Å². The third kappa shape index (κ3) is 1.72. The average molecular weight is 245 g/mol. The minimum atomic E-state index is 0.265. The SMILES string of the molecule is Nc1nc2ccc(-c3ccccc3Cl)cn2n1. The van der Waals surface area contributed by atoms with Gasteiger partial charge in [-0.2, -0.15) is 4.98 Å². The maximum Gasteiger partial charge on any atom is 0.240 e. The Hall–Kier alpha value is -2.07. The lowest BCUT2D eigenvalue weighted by molar-refractivity contribution is 0.969. The van der Waals surface area contributed by atoms with E-state index in [2.05, 4.69) is 10.1 Å². The first-order valence-electron chi connectivity index (χ1n) is 5.11. The van der Waals surface area contributed by atoms with E-state index < -0.39 is 0 Å². The summed E-state index contributed by atoms with van der Waals surface area (Å²) >= 11 is 6.15. The van der Waals surface area contributed by atoms with Gasteiger partial charge in [-0.1, -0.05) is 29.8 Å². The lowest BCUT2D eigenvalue weighted by atomic mass is 10.1. The summed E-state index contributed by atoms with van der Waals surface area (Å²) in [5.74, 6) is 0.265. The second-order valence-corrected chi connectivity index (χ2v) is 4.08. The number of pyridine rings is 1. The van der Waals surface area contributed by atoms with Gasteiger partial charge < -0.3 is 5.73 Å². The molecule has 2 N–H and O–H groups in total. The zero-order chi connectivity index (χ0) is 11.8. The highest BCUT2D eigenvalue weighted by Gasteiger charge is 2.05. The van der Waals surface area contributed by atoms with Crippen LogP contribution in [0.3, 0.4) is 0 Å². The maximum absolute atomic E-state index is 6.15. The molecule has 84 valence electrons. The Morgan fingerprint density at radius 1 is 1.12 bits per heavy atom. The predicted octanol–water partition coefficient (Wildman–Crippen LogP) is 2.63. The molecule has 4 nitrogen and oxygen atoms in total. The smallest absolute Gasteiger partial charge is 0.240 e. The number of aromatic nitrogens is 3. The first-order valence-corrected chi connectivity index (χ1v) is 5.48. The average Bonchev–Trinajstić information content (AvgIpc) is 2.68. The first kappa shape index (κ1) is 10.1. The van der Waals surface area contributed by atoms with Crippen molar-refractivity contribution < 1.29 is 0 Å². The van der Waals surface area contributed by atoms with Crippen molar-refractivity contribution in [3.05, 3.63) is 47.6 Å². The van der Waals surface area contributed by atoms with Crippen molar-refractivity contribution in [2.75, 3.05) is 5.73 Å². The predicted molar refractivity (Wildman–Crippen MR) is 67.8 cm³/mol. The fourth-order valence-corrected chi connectivity index (χ4v) is 2.00. The van der Waals surface area contributed by atoms with Gasteiger partial charge in [0, 0.05) is 22.3 Å². The van der Waals surface area contributed by atoms with E-state index in [1.165, 1.54) is 0 Å². The maximum atomic E-state index is 6.15. The monoisotopic (exact) mass is 244 g/mol. The number of hydrogen-bond acceptors (Lipinski definition) is 3. The van der Waals surface area contributed by atoms with E-state index in [1.54, 1.807) is 4.52 Å². The van der Waals surface area contributed by atoms with Crippen LogP contribution in [-0.2, 0) is 0 Å². The van der Waals surface area contributed by atoms with Gasteiger partial charge in [0.05, 0.1) is 0 Å². The molecule has 0 aliphatic carbocycles. The minimum absolute atomic E-state index is 0.265. The Bertz CT molecular complexity index is 690. The fourth-order valence-electron chi connectivity index (χ4n) is 1.75. The second kappa shape index (κ2) is 3.75. The molecule has 0 aliphatic heterocycles. The molecular weight excluding hydrogens is 236 g/mol. The number of rotatable bonds is 1. The van der Waals surface area contributed by atoms with Crippen LogP contribution in [-0.4, -0.2) is 14.6 Å². The van der Waals surface area contributed by atoms with Crippen molar-refractivity contribution in [2.45, 2.75) is 0 Å². The van der Waals surface area contributed by atoms with E-state index in [4.69, 9.17) is 17.3 Å². The van der Waals surface area contributed by atoms with Crippen LogP contribution in [0.25, 0.3) is 16.8 Å². The summed E-state index contributed by atoms with van der Waals surface area (Å²) in [5.41, 5.74) is 8.20. The Morgan fingerprint density at radius 3 is 2.76 bits per heavy atom. The van der Waals surface area contributed by atoms with Crippen LogP contribution in [0, 0.1) is 0 Å². The van der Waals surface area contributed by atoms with Crippen LogP contribution in [0.2, 0.25) is 5.02 Å². The molecule has 0 atom stereocenters. The van der Waals surface area contributed by atoms with Crippen molar-refractivity contribution in [1.29, 1.82) is 0 Å². The zero-order valence-corrected chi connectivity index (χ0v) is 9.59. The van der Waals surface area contributed by atoms with Gasteiger partial charge in [-0.25, -0.2) is 4.52 Å². The summed E-state index contributed by atoms with van der Waals surface area (Å²) in [7, 11) is 0. The second-order valence-electron chi connectivity index (χ2n) is 3.67. The van der Waals surface area contributed by atoms with E-state index in [0.717, 1.165) is 16.8 Å². The number of hydrogen-bond donors (Lipinski definition) is 1. The standard InChI is InChI=1S/C12H9ClN4/c13-10-4-2-1-3-9(10)8-5-6-11-15-12(14)16-17(11)7-8/h1-7H,(H2,14,16). The molecular formula is C12H9ClN4. The first-order chi connectivity index (χ1) is 8.24. The molecule has 3 aromatic rings. The summed E-state index contributed by atoms with van der Waals surface area (Å²) in [5, 5.41) is 4.78. The number of nitrogen functional groups attached to an aromatic ring is 1. The summed E-state index contributed by atoms with van der Waals surface area (Å²) in [6.07, 6.45) is 1.86. The lowest BCUT2D eigenvalue weighted by Gasteiger charge is -2.03. The van der Waals surface area contributed by atoms with Crippen molar-refractivity contribution in [3.63, 3.8) is 0 Å². The highest BCUT2D eigenvalue weighted by molar-refractivity contribution is 6.33. The largest absolute Gasteiger partial charge is 0.366 e. The van der Waals surface area contributed by atoms with Gasteiger partial charge in [-0.3, -0.25) is 0 Å². The van der Waals surface area contributed by atoms with E-state index in [1.807, 2.05) is 42.6 Å². The molecule has 0 aliphatic rings. The Morgan fingerprint density at radius 2 is 1.94 bits per heavy atom. The summed E-state index contributed by atoms with van der Waals surface area (Å²) < 4.78 is 1.65. The molecule has 1 aromatic carbocycles. The molecule has 17 heavy (non-hydrogen) atoms. The van der Waals surface area contributed by atoms with Crippen LogP contribution in [0.5, 0.6) is 0 Å². The summed E-state index contributed by atoms with van der Waals surface area (Å²) in [6, 6.07) is 11.5. The summed E-state index contributed by atoms with van der Waals surface area (Å²) in [4.78, 5) is 4.07. The molecule has 0 spiro atoms. The minimum Gasteiger partial charge on any atom is -0.366 e. The normalized spacial score (nSPS) is 10.9. The van der Waals surface area contributed by atoms with Gasteiger partial charge in [0.15, 0.2) is 5.65 Å². The number of nitrogens with two attached hydrogens (primary N) is 1. The van der Waals surface area contributed by atoms with Crippen molar-refractivity contribution in [2.24, 2.45) is 0 Å². The number of fused-ring (bicyclic) bond motifs is 1. The van der Waals surface area contributed by atoms with Gasteiger partial charge in [0.2, 0.25) is 5.95 Å². The summed E-state index contributed by atoms with van der Waals surface area (Å²) in [6.45, 7) is 0. The quantitative estimate of drug-likeness (QED) is 0.716. The molecule has 5 heteroatoms. The van der Waals surface area contributed by atoms with Gasteiger partial charge in [0.25, 0.3) is 0 Å². The van der Waals surface area contributed by atoms with E-state index >= 15 is 0 Å². The van der Waals surface area contributed by atoms with Crippen LogP contribution in [0.4, 0.5) is 5.95 Å². The van der Waals surface area contributed by atoms with Crippen LogP contribution >= 0.6 is 11.6 Å². The molecule has 0 bridgehead atoms. The topological polar surface area (TPSA) is 56.2 Å². The molecule has 3 rings (SSSR count). The Balaban J connectivity index is 2.21. The van der Waals surface area contributed by atoms with Gasteiger partial charge in [0.1, 0.15) is 0 Å². The number of halogens is 1. The van der Waals surface area contributed by atoms with Crippen LogP contribution < -0.4 is 5.73 Å². The Labute approximate surface area is 103 Å². The van der Waals surface area contributed by atoms with Gasteiger partial charge in [-0.05, 0) is 18.2 Å². The van der Waals surface area contributed by atoms with Crippen molar-refractivity contribution in [1.82, 2.24) is 14.6 Å². The van der Waals surface area contributed by atoms with E-state index in [0.29, 0.717) is 5.02 Å². The zero-order valence-electron chi connectivity index (χ0n) is 8.84. The Kier molecular flexibility index (Phi) is 2.23. The highest BCUT2D eigenvalue weighted by atomic mass is 35.5. The van der Waals surface area contributed by atoms with E-state index in [9.17, 15) is 0 Å². The molecule has 2 aromatic heterocycles. The highest BCUT2D eigenvalue weighted by Crippen LogP contribution is 2.27. The molecule has 0 saturated carbocycles. The fraction of sp³-hybridized carbons (Fsp3) is 0. The molecule has 0 saturated heterocycles. The molecule has 2 heterocycles. The third-order valence-electron chi connectivity index (χ3n) is 2.53. The molecule has 0 amide bonds. The van der Waals surface area contributed by atoms with Crippen molar-refractivity contribution >= 4 is 23.2 Å². The molecule has 0 radical (unpaired) electrons. The van der Waals surface area contributed by atoms with Gasteiger partial charge in [-0.15, -0.1) is 5.10 Å². The number of anilines is 1. The third-order valence-corrected chi connectivity index (χ3v) is 2.86. The van der Waals surface area contributed by atoms with Gasteiger partial charge >= 0.3 is 0 Å².